The molecule has 0 bridgehead atoms. The third-order valence-electron chi connectivity index (χ3n) is 1.28. The Morgan fingerprint density at radius 3 is 3.50 bits per heavy atom. The van der Waals surface area contributed by atoms with Gasteiger partial charge in [0, 0.05) is 12.0 Å². The predicted molar refractivity (Wildman–Crippen MR) is 29.2 cm³/mol. The van der Waals surface area contributed by atoms with Crippen molar-refractivity contribution in [1.82, 2.24) is 5.16 Å². The van der Waals surface area contributed by atoms with Crippen molar-refractivity contribution in [3.05, 3.63) is 23.6 Å². The first-order valence-electron chi connectivity index (χ1n) is 2.57. The van der Waals surface area contributed by atoms with E-state index in [1.165, 1.54) is 0 Å². The van der Waals surface area contributed by atoms with Crippen LogP contribution in [0.15, 0.2) is 16.8 Å². The molecule has 1 aliphatic rings. The summed E-state index contributed by atoms with van der Waals surface area (Å²) in [5, 5.41) is 3.62. The standard InChI is InChI=1S/C6H5NO/c1-2-5-4-7-8-6(5)3-1/h1-2,4H,3H2. The summed E-state index contributed by atoms with van der Waals surface area (Å²) in [5.41, 5.74) is 1.13. The molecule has 0 fully saturated rings. The molecule has 40 valence electrons. The maximum Gasteiger partial charge on any atom is 0.147 e. The summed E-state index contributed by atoms with van der Waals surface area (Å²) in [5.74, 6) is 0.991. The lowest BCUT2D eigenvalue weighted by atomic mass is 10.3. The molecule has 2 nitrogen and oxygen atoms in total. The van der Waals surface area contributed by atoms with Gasteiger partial charge in [0.25, 0.3) is 0 Å². The summed E-state index contributed by atoms with van der Waals surface area (Å²) in [7, 11) is 0. The van der Waals surface area contributed by atoms with E-state index < -0.39 is 0 Å². The van der Waals surface area contributed by atoms with Gasteiger partial charge in [-0.05, 0) is 0 Å². The van der Waals surface area contributed by atoms with Crippen LogP contribution in [-0.2, 0) is 6.42 Å². The third-order valence-corrected chi connectivity index (χ3v) is 1.28. The van der Waals surface area contributed by atoms with E-state index in [9.17, 15) is 0 Å². The van der Waals surface area contributed by atoms with E-state index in [1.54, 1.807) is 6.20 Å². The zero-order valence-corrected chi connectivity index (χ0v) is 4.29. The van der Waals surface area contributed by atoms with Gasteiger partial charge >= 0.3 is 0 Å². The van der Waals surface area contributed by atoms with Crippen LogP contribution in [0.4, 0.5) is 0 Å². The Kier molecular flexibility index (Phi) is 0.592. The lowest BCUT2D eigenvalue weighted by molar-refractivity contribution is 0.391. The smallest absolute Gasteiger partial charge is 0.147 e. The van der Waals surface area contributed by atoms with E-state index in [0.717, 1.165) is 17.7 Å². The highest BCUT2D eigenvalue weighted by atomic mass is 16.5. The van der Waals surface area contributed by atoms with Crippen LogP contribution in [0, 0.1) is 0 Å². The molecular weight excluding hydrogens is 102 g/mol. The summed E-state index contributed by atoms with van der Waals surface area (Å²) < 4.78 is 4.86. The van der Waals surface area contributed by atoms with Crippen LogP contribution < -0.4 is 0 Å². The lowest BCUT2D eigenvalue weighted by Gasteiger charge is -1.76. The molecule has 0 saturated heterocycles. The minimum absolute atomic E-state index is 0.912. The van der Waals surface area contributed by atoms with Gasteiger partial charge in [0.2, 0.25) is 0 Å². The van der Waals surface area contributed by atoms with Crippen molar-refractivity contribution >= 4 is 6.08 Å². The van der Waals surface area contributed by atoms with Gasteiger partial charge in [0.05, 0.1) is 6.20 Å². The molecule has 0 atom stereocenters. The van der Waals surface area contributed by atoms with E-state index in [0.29, 0.717) is 0 Å². The second kappa shape index (κ2) is 1.22. The quantitative estimate of drug-likeness (QED) is 0.498. The van der Waals surface area contributed by atoms with Crippen LogP contribution in [0.5, 0.6) is 0 Å². The summed E-state index contributed by atoms with van der Waals surface area (Å²) in [4.78, 5) is 0. The summed E-state index contributed by atoms with van der Waals surface area (Å²) >= 11 is 0. The fourth-order valence-electron chi connectivity index (χ4n) is 0.855. The first-order chi connectivity index (χ1) is 3.97. The van der Waals surface area contributed by atoms with E-state index >= 15 is 0 Å². The maximum atomic E-state index is 4.86. The average molecular weight is 107 g/mol. The Hall–Kier alpha value is -1.05. The number of hydrogen-bond donors (Lipinski definition) is 0. The Morgan fingerprint density at radius 2 is 2.62 bits per heavy atom. The Balaban J connectivity index is 2.67. The first-order valence-corrected chi connectivity index (χ1v) is 2.57. The largest absolute Gasteiger partial charge is 0.360 e. The molecule has 0 radical (unpaired) electrons. The SMILES string of the molecule is C1=Cc2cnoc2C1. The highest BCUT2D eigenvalue weighted by Gasteiger charge is 2.07. The van der Waals surface area contributed by atoms with Gasteiger partial charge in [0.1, 0.15) is 5.76 Å². The van der Waals surface area contributed by atoms with Crippen LogP contribution in [0.1, 0.15) is 11.3 Å². The highest BCUT2D eigenvalue weighted by Crippen LogP contribution is 2.16. The van der Waals surface area contributed by atoms with E-state index in [2.05, 4.69) is 11.2 Å². The topological polar surface area (TPSA) is 26.0 Å². The number of allylic oxidation sites excluding steroid dienone is 1. The fraction of sp³-hybridized carbons (Fsp3) is 0.167. The zero-order valence-electron chi connectivity index (χ0n) is 4.29. The molecule has 0 aliphatic heterocycles. The zero-order chi connectivity index (χ0) is 5.40. The molecule has 0 aromatic carbocycles. The molecule has 1 heterocycles. The molecule has 1 aromatic rings. The second-order valence-electron chi connectivity index (χ2n) is 1.81. The number of aromatic nitrogens is 1. The number of fused-ring (bicyclic) bond motifs is 1. The van der Waals surface area contributed by atoms with Crippen LogP contribution in [-0.4, -0.2) is 5.16 Å². The van der Waals surface area contributed by atoms with E-state index in [4.69, 9.17) is 4.52 Å². The van der Waals surface area contributed by atoms with Crippen molar-refractivity contribution in [1.29, 1.82) is 0 Å². The Morgan fingerprint density at radius 1 is 1.62 bits per heavy atom. The van der Waals surface area contributed by atoms with Gasteiger partial charge in [-0.15, -0.1) is 0 Å². The Labute approximate surface area is 46.8 Å². The molecule has 8 heavy (non-hydrogen) atoms. The van der Waals surface area contributed by atoms with Crippen molar-refractivity contribution in [2.24, 2.45) is 0 Å². The molecule has 0 amide bonds. The van der Waals surface area contributed by atoms with Crippen LogP contribution in [0.25, 0.3) is 6.08 Å². The number of rotatable bonds is 0. The molecule has 1 aliphatic carbocycles. The van der Waals surface area contributed by atoms with Gasteiger partial charge < -0.3 is 4.52 Å². The monoisotopic (exact) mass is 107 g/mol. The summed E-state index contributed by atoms with van der Waals surface area (Å²) in [6, 6.07) is 0. The number of hydrogen-bond acceptors (Lipinski definition) is 2. The molecule has 0 unspecified atom stereocenters. The van der Waals surface area contributed by atoms with Gasteiger partial charge in [-0.25, -0.2) is 0 Å². The third kappa shape index (κ3) is 0.346. The van der Waals surface area contributed by atoms with E-state index in [-0.39, 0.29) is 0 Å². The van der Waals surface area contributed by atoms with Crippen LogP contribution >= 0.6 is 0 Å². The molecule has 0 N–H and O–H groups in total. The highest BCUT2D eigenvalue weighted by molar-refractivity contribution is 5.55. The fourth-order valence-corrected chi connectivity index (χ4v) is 0.855. The van der Waals surface area contributed by atoms with Crippen molar-refractivity contribution in [3.63, 3.8) is 0 Å². The van der Waals surface area contributed by atoms with Crippen LogP contribution in [0.2, 0.25) is 0 Å². The Bertz CT molecular complexity index is 224. The second-order valence-corrected chi connectivity index (χ2v) is 1.81. The van der Waals surface area contributed by atoms with Gasteiger partial charge in [0.15, 0.2) is 0 Å². The van der Waals surface area contributed by atoms with Crippen molar-refractivity contribution in [2.75, 3.05) is 0 Å². The minimum Gasteiger partial charge on any atom is -0.360 e. The molecule has 2 heteroatoms. The molecular formula is C6H5NO. The number of nitrogens with zero attached hydrogens (tertiary/aromatic N) is 1. The summed E-state index contributed by atoms with van der Waals surface area (Å²) in [6.45, 7) is 0. The normalized spacial score (nSPS) is 14.5. The molecule has 0 saturated carbocycles. The molecule has 0 spiro atoms. The first kappa shape index (κ1) is 3.89. The van der Waals surface area contributed by atoms with Crippen molar-refractivity contribution in [2.45, 2.75) is 6.42 Å². The van der Waals surface area contributed by atoms with Gasteiger partial charge in [-0.2, -0.15) is 0 Å². The predicted octanol–water partition coefficient (Wildman–Crippen LogP) is 1.24. The summed E-state index contributed by atoms with van der Waals surface area (Å²) in [6.07, 6.45) is 6.73. The van der Waals surface area contributed by atoms with Gasteiger partial charge in [-0.3, -0.25) is 0 Å². The molecule has 1 aromatic heterocycles. The average Bonchev–Trinajstić information content (AvgIpc) is 2.15. The minimum atomic E-state index is 0.912. The van der Waals surface area contributed by atoms with Crippen molar-refractivity contribution in [3.8, 4) is 0 Å². The van der Waals surface area contributed by atoms with Crippen molar-refractivity contribution < 1.29 is 4.52 Å². The lowest BCUT2D eigenvalue weighted by Crippen LogP contribution is -1.68. The van der Waals surface area contributed by atoms with E-state index in [1.807, 2.05) is 6.08 Å². The van der Waals surface area contributed by atoms with Gasteiger partial charge in [-0.1, -0.05) is 17.3 Å². The molecule has 2 rings (SSSR count). The van der Waals surface area contributed by atoms with Crippen LogP contribution in [0.3, 0.4) is 0 Å². The maximum absolute atomic E-state index is 4.86.